The lowest BCUT2D eigenvalue weighted by Crippen LogP contribution is -2.32. The van der Waals surface area contributed by atoms with E-state index >= 15 is 0 Å². The first kappa shape index (κ1) is 18.2. The molecule has 5 heteroatoms. The van der Waals surface area contributed by atoms with Crippen LogP contribution in [0.25, 0.3) is 0 Å². The highest BCUT2D eigenvalue weighted by Crippen LogP contribution is 2.33. The van der Waals surface area contributed by atoms with Gasteiger partial charge in [0.2, 0.25) is 5.91 Å². The van der Waals surface area contributed by atoms with Gasteiger partial charge in [0.05, 0.1) is 0 Å². The van der Waals surface area contributed by atoms with Gasteiger partial charge in [-0.3, -0.25) is 4.79 Å². The first-order valence-electron chi connectivity index (χ1n) is 8.38. The van der Waals surface area contributed by atoms with Gasteiger partial charge in [-0.25, -0.2) is 0 Å². The third-order valence-electron chi connectivity index (χ3n) is 5.13. The average Bonchev–Trinajstić information content (AvgIpc) is 3.01. The van der Waals surface area contributed by atoms with E-state index < -0.39 is 0 Å². The number of rotatable bonds is 4. The smallest absolute Gasteiger partial charge is 0.222 e. The van der Waals surface area contributed by atoms with E-state index in [0.29, 0.717) is 36.6 Å². The third kappa shape index (κ3) is 4.46. The molecule has 0 unspecified atom stereocenters. The van der Waals surface area contributed by atoms with E-state index in [1.165, 1.54) is 5.56 Å². The minimum Gasteiger partial charge on any atom is -0.381 e. The van der Waals surface area contributed by atoms with E-state index in [4.69, 9.17) is 10.5 Å². The number of amides is 1. The highest BCUT2D eigenvalue weighted by molar-refractivity contribution is 5.85. The Labute approximate surface area is 144 Å². The maximum atomic E-state index is 12.6. The average molecular weight is 339 g/mol. The molecule has 1 aromatic carbocycles. The Bertz CT molecular complexity index is 491. The highest BCUT2D eigenvalue weighted by Gasteiger charge is 2.35. The molecule has 2 heterocycles. The maximum absolute atomic E-state index is 12.6. The van der Waals surface area contributed by atoms with E-state index in [9.17, 15) is 4.79 Å². The molecule has 4 nitrogen and oxygen atoms in total. The Kier molecular flexibility index (Phi) is 6.88. The maximum Gasteiger partial charge on any atom is 0.222 e. The summed E-state index contributed by atoms with van der Waals surface area (Å²) in [5.74, 6) is 1.54. The molecule has 1 aromatic rings. The number of benzene rings is 1. The van der Waals surface area contributed by atoms with Crippen LogP contribution in [-0.2, 0) is 9.53 Å². The number of halogens is 1. The number of likely N-dealkylation sites (tertiary alicyclic amines) is 1. The van der Waals surface area contributed by atoms with Crippen molar-refractivity contribution in [3.63, 3.8) is 0 Å². The van der Waals surface area contributed by atoms with Crippen LogP contribution in [-0.4, -0.2) is 43.7 Å². The minimum atomic E-state index is 0. The second-order valence-corrected chi connectivity index (χ2v) is 6.57. The Balaban J connectivity index is 0.00000192. The van der Waals surface area contributed by atoms with Crippen LogP contribution >= 0.6 is 12.4 Å². The van der Waals surface area contributed by atoms with E-state index in [0.717, 1.165) is 39.1 Å². The first-order valence-corrected chi connectivity index (χ1v) is 8.38. The molecule has 2 N–H and O–H groups in total. The van der Waals surface area contributed by atoms with Crippen molar-refractivity contribution in [1.29, 1.82) is 0 Å². The fourth-order valence-corrected chi connectivity index (χ4v) is 3.72. The highest BCUT2D eigenvalue weighted by atomic mass is 35.5. The summed E-state index contributed by atoms with van der Waals surface area (Å²) < 4.78 is 5.37. The summed E-state index contributed by atoms with van der Waals surface area (Å²) in [5, 5.41) is 0. The molecule has 3 rings (SSSR count). The van der Waals surface area contributed by atoms with Crippen LogP contribution in [0, 0.1) is 11.8 Å². The molecule has 2 atom stereocenters. The number of ether oxygens (including phenoxy) is 1. The summed E-state index contributed by atoms with van der Waals surface area (Å²) in [6.45, 7) is 3.86. The van der Waals surface area contributed by atoms with Crippen molar-refractivity contribution in [2.24, 2.45) is 17.6 Å². The summed E-state index contributed by atoms with van der Waals surface area (Å²) in [7, 11) is 0. The van der Waals surface area contributed by atoms with Gasteiger partial charge >= 0.3 is 0 Å². The van der Waals surface area contributed by atoms with Gasteiger partial charge in [0.25, 0.3) is 0 Å². The van der Waals surface area contributed by atoms with Gasteiger partial charge in [0, 0.05) is 38.6 Å². The molecule has 2 saturated heterocycles. The SMILES string of the molecule is Cl.NC[C@@H]1CN(C(=O)CC2CCOCC2)C[C@H]1c1ccccc1. The van der Waals surface area contributed by atoms with Gasteiger partial charge in [-0.2, -0.15) is 0 Å². The lowest BCUT2D eigenvalue weighted by Gasteiger charge is -2.24. The predicted octanol–water partition coefficient (Wildman–Crippen LogP) is 2.43. The fraction of sp³-hybridized carbons (Fsp3) is 0.611. The second kappa shape index (κ2) is 8.67. The van der Waals surface area contributed by atoms with Gasteiger partial charge < -0.3 is 15.4 Å². The molecule has 2 aliphatic heterocycles. The van der Waals surface area contributed by atoms with Crippen molar-refractivity contribution in [3.8, 4) is 0 Å². The quantitative estimate of drug-likeness (QED) is 0.917. The molecule has 0 bridgehead atoms. The van der Waals surface area contributed by atoms with Crippen molar-refractivity contribution < 1.29 is 9.53 Å². The minimum absolute atomic E-state index is 0. The monoisotopic (exact) mass is 338 g/mol. The van der Waals surface area contributed by atoms with E-state index in [1.54, 1.807) is 0 Å². The van der Waals surface area contributed by atoms with Crippen LogP contribution in [0.2, 0.25) is 0 Å². The Hall–Kier alpha value is -1.10. The molecule has 0 aromatic heterocycles. The van der Waals surface area contributed by atoms with E-state index in [-0.39, 0.29) is 12.4 Å². The number of hydrogen-bond donors (Lipinski definition) is 1. The lowest BCUT2D eigenvalue weighted by atomic mass is 9.89. The van der Waals surface area contributed by atoms with Crippen LogP contribution < -0.4 is 5.73 Å². The zero-order valence-corrected chi connectivity index (χ0v) is 14.3. The molecule has 1 amide bonds. The molecule has 2 fully saturated rings. The standard InChI is InChI=1S/C18H26N2O2.ClH/c19-11-16-12-20(13-17(16)15-4-2-1-3-5-15)18(21)10-14-6-8-22-9-7-14;/h1-5,14,16-17H,6-13,19H2;1H/t16-,17+;/m1./s1. The van der Waals surface area contributed by atoms with Gasteiger partial charge in [-0.15, -0.1) is 12.4 Å². The van der Waals surface area contributed by atoms with Crippen LogP contribution in [0.1, 0.15) is 30.7 Å². The zero-order chi connectivity index (χ0) is 15.4. The molecule has 0 spiro atoms. The Morgan fingerprint density at radius 2 is 1.87 bits per heavy atom. The molecule has 2 aliphatic rings. The Morgan fingerprint density at radius 1 is 1.17 bits per heavy atom. The summed E-state index contributed by atoms with van der Waals surface area (Å²) in [6, 6.07) is 10.5. The van der Waals surface area contributed by atoms with Gasteiger partial charge in [-0.1, -0.05) is 30.3 Å². The molecule has 0 aliphatic carbocycles. The summed E-state index contributed by atoms with van der Waals surface area (Å²) >= 11 is 0. The van der Waals surface area contributed by atoms with E-state index in [1.807, 2.05) is 11.0 Å². The van der Waals surface area contributed by atoms with Gasteiger partial charge in [0.15, 0.2) is 0 Å². The number of carbonyl (C=O) groups excluding carboxylic acids is 1. The molecular weight excluding hydrogens is 312 g/mol. The van der Waals surface area contributed by atoms with Crippen molar-refractivity contribution in [2.75, 3.05) is 32.8 Å². The normalized spacial score (nSPS) is 25.2. The number of carbonyl (C=O) groups is 1. The first-order chi connectivity index (χ1) is 10.8. The van der Waals surface area contributed by atoms with Crippen LogP contribution in [0.4, 0.5) is 0 Å². The zero-order valence-electron chi connectivity index (χ0n) is 13.5. The lowest BCUT2D eigenvalue weighted by molar-refractivity contribution is -0.132. The summed E-state index contributed by atoms with van der Waals surface area (Å²) in [4.78, 5) is 14.6. The largest absolute Gasteiger partial charge is 0.381 e. The molecule has 0 saturated carbocycles. The van der Waals surface area contributed by atoms with Gasteiger partial charge in [-0.05, 0) is 36.8 Å². The summed E-state index contributed by atoms with van der Waals surface area (Å²) in [5.41, 5.74) is 7.26. The van der Waals surface area contributed by atoms with Crippen molar-refractivity contribution in [3.05, 3.63) is 35.9 Å². The fourth-order valence-electron chi connectivity index (χ4n) is 3.72. The van der Waals surface area contributed by atoms with Crippen molar-refractivity contribution >= 4 is 18.3 Å². The molecular formula is C18H27ClN2O2. The summed E-state index contributed by atoms with van der Waals surface area (Å²) in [6.07, 6.45) is 2.70. The number of nitrogens with zero attached hydrogens (tertiary/aromatic N) is 1. The molecule has 23 heavy (non-hydrogen) atoms. The van der Waals surface area contributed by atoms with E-state index in [2.05, 4.69) is 24.3 Å². The van der Waals surface area contributed by atoms with Crippen LogP contribution in [0.3, 0.4) is 0 Å². The topological polar surface area (TPSA) is 55.6 Å². The molecule has 128 valence electrons. The second-order valence-electron chi connectivity index (χ2n) is 6.57. The third-order valence-corrected chi connectivity index (χ3v) is 5.13. The van der Waals surface area contributed by atoms with Gasteiger partial charge in [0.1, 0.15) is 0 Å². The predicted molar refractivity (Wildman–Crippen MR) is 93.7 cm³/mol. The van der Waals surface area contributed by atoms with Crippen LogP contribution in [0.5, 0.6) is 0 Å². The van der Waals surface area contributed by atoms with Crippen LogP contribution in [0.15, 0.2) is 30.3 Å². The number of nitrogens with two attached hydrogens (primary N) is 1. The number of hydrogen-bond acceptors (Lipinski definition) is 3. The van der Waals surface area contributed by atoms with Crippen molar-refractivity contribution in [2.45, 2.75) is 25.2 Å². The van der Waals surface area contributed by atoms with Crippen molar-refractivity contribution in [1.82, 2.24) is 4.90 Å². The Morgan fingerprint density at radius 3 is 2.52 bits per heavy atom. The molecule has 0 radical (unpaired) electrons.